The maximum Gasteiger partial charge on any atom is 0.254 e. The van der Waals surface area contributed by atoms with Crippen molar-refractivity contribution in [1.29, 1.82) is 0 Å². The predicted molar refractivity (Wildman–Crippen MR) is 99.0 cm³/mol. The molecule has 5 nitrogen and oxygen atoms in total. The van der Waals surface area contributed by atoms with Gasteiger partial charge in [0.1, 0.15) is 0 Å². The molecule has 138 valence electrons. The molecule has 5 heteroatoms. The van der Waals surface area contributed by atoms with E-state index in [9.17, 15) is 9.90 Å². The van der Waals surface area contributed by atoms with Gasteiger partial charge in [0, 0.05) is 38.2 Å². The molecule has 2 aromatic rings. The van der Waals surface area contributed by atoms with Gasteiger partial charge in [-0.3, -0.25) is 4.79 Å². The molecule has 4 rings (SSSR count). The van der Waals surface area contributed by atoms with E-state index in [0.717, 1.165) is 25.8 Å². The van der Waals surface area contributed by atoms with Crippen LogP contribution >= 0.6 is 0 Å². The molecule has 26 heavy (non-hydrogen) atoms. The van der Waals surface area contributed by atoms with E-state index in [-0.39, 0.29) is 23.7 Å². The molecule has 1 aromatic heterocycles. The first-order valence-electron chi connectivity index (χ1n) is 9.35. The number of rotatable bonds is 4. The Balaban J connectivity index is 1.50. The average Bonchev–Trinajstić information content (AvgIpc) is 3.30. The largest absolute Gasteiger partial charge is 0.393 e. The zero-order valence-corrected chi connectivity index (χ0v) is 15.2. The molecular weight excluding hydrogens is 328 g/mol. The molecule has 2 fully saturated rings. The van der Waals surface area contributed by atoms with Crippen LogP contribution < -0.4 is 0 Å². The number of benzene rings is 1. The zero-order valence-electron chi connectivity index (χ0n) is 15.2. The molecule has 1 N–H and O–H groups in total. The molecule has 1 saturated heterocycles. The smallest absolute Gasteiger partial charge is 0.254 e. The Hall–Kier alpha value is -2.11. The third kappa shape index (κ3) is 3.06. The number of aromatic nitrogens is 1. The van der Waals surface area contributed by atoms with E-state index < -0.39 is 0 Å². The van der Waals surface area contributed by atoms with Crippen LogP contribution in [0.15, 0.2) is 48.8 Å². The minimum atomic E-state index is -0.347. The fourth-order valence-electron chi connectivity index (χ4n) is 4.52. The highest BCUT2D eigenvalue weighted by Crippen LogP contribution is 2.42. The molecule has 0 bridgehead atoms. The van der Waals surface area contributed by atoms with Gasteiger partial charge in [0.15, 0.2) is 0 Å². The highest BCUT2D eigenvalue weighted by Gasteiger charge is 2.52. The second-order valence-electron chi connectivity index (χ2n) is 7.51. The van der Waals surface area contributed by atoms with Crippen molar-refractivity contribution < 1.29 is 14.6 Å². The molecule has 1 saturated carbocycles. The van der Waals surface area contributed by atoms with Gasteiger partial charge >= 0.3 is 0 Å². The molecule has 2 aliphatic rings. The molecular formula is C21H26N2O3. The summed E-state index contributed by atoms with van der Waals surface area (Å²) in [5.41, 5.74) is 1.58. The Morgan fingerprint density at radius 1 is 1.23 bits per heavy atom. The van der Waals surface area contributed by atoms with Crippen molar-refractivity contribution in [2.24, 2.45) is 0 Å². The number of aliphatic hydroxyl groups excluding tert-OH is 1. The van der Waals surface area contributed by atoms with Crippen LogP contribution in [0.2, 0.25) is 0 Å². The maximum absolute atomic E-state index is 13.1. The monoisotopic (exact) mass is 354 g/mol. The average molecular weight is 354 g/mol. The van der Waals surface area contributed by atoms with Crippen LogP contribution in [0.4, 0.5) is 0 Å². The number of amides is 1. The van der Waals surface area contributed by atoms with Crippen LogP contribution in [0.3, 0.4) is 0 Å². The first kappa shape index (κ1) is 17.3. The molecule has 0 radical (unpaired) electrons. The van der Waals surface area contributed by atoms with Crippen LogP contribution in [0.1, 0.15) is 41.6 Å². The van der Waals surface area contributed by atoms with Gasteiger partial charge in [-0.25, -0.2) is 0 Å². The van der Waals surface area contributed by atoms with Crippen molar-refractivity contribution in [2.45, 2.75) is 50.0 Å². The van der Waals surface area contributed by atoms with Crippen LogP contribution in [0.5, 0.6) is 0 Å². The van der Waals surface area contributed by atoms with E-state index in [1.165, 1.54) is 5.56 Å². The van der Waals surface area contributed by atoms with Crippen LogP contribution in [-0.4, -0.2) is 51.9 Å². The lowest BCUT2D eigenvalue weighted by atomic mass is 9.79. The number of likely N-dealkylation sites (tertiary alicyclic amines) is 1. The van der Waals surface area contributed by atoms with Gasteiger partial charge in [-0.05, 0) is 55.5 Å². The minimum Gasteiger partial charge on any atom is -0.393 e. The van der Waals surface area contributed by atoms with Crippen LogP contribution in [0, 0.1) is 0 Å². The molecule has 1 aliphatic heterocycles. The van der Waals surface area contributed by atoms with E-state index in [2.05, 4.69) is 4.57 Å². The minimum absolute atomic E-state index is 0.0375. The number of carbonyl (C=O) groups excluding carboxylic acids is 1. The summed E-state index contributed by atoms with van der Waals surface area (Å²) in [4.78, 5) is 15.0. The summed E-state index contributed by atoms with van der Waals surface area (Å²) in [7, 11) is 1.73. The lowest BCUT2D eigenvalue weighted by molar-refractivity contribution is -0.0824. The maximum atomic E-state index is 13.1. The summed E-state index contributed by atoms with van der Waals surface area (Å²) in [6.45, 7) is 1.49. The van der Waals surface area contributed by atoms with E-state index >= 15 is 0 Å². The van der Waals surface area contributed by atoms with E-state index in [1.807, 2.05) is 53.7 Å². The van der Waals surface area contributed by atoms with E-state index in [4.69, 9.17) is 4.74 Å². The lowest BCUT2D eigenvalue weighted by Crippen LogP contribution is -2.52. The molecule has 0 spiro atoms. The van der Waals surface area contributed by atoms with Crippen molar-refractivity contribution in [3.8, 4) is 0 Å². The van der Waals surface area contributed by atoms with Crippen molar-refractivity contribution in [1.82, 2.24) is 9.47 Å². The number of methoxy groups -OCH3 is 1. The van der Waals surface area contributed by atoms with Crippen LogP contribution in [0.25, 0.3) is 0 Å². The Morgan fingerprint density at radius 3 is 2.65 bits per heavy atom. The summed E-state index contributed by atoms with van der Waals surface area (Å²) in [5.74, 6) is 0.0375. The number of aliphatic hydroxyl groups is 1. The Bertz CT molecular complexity index is 756. The fourth-order valence-corrected chi connectivity index (χ4v) is 4.52. The number of hydrogen-bond acceptors (Lipinski definition) is 3. The molecule has 1 amide bonds. The van der Waals surface area contributed by atoms with Gasteiger partial charge in [-0.2, -0.15) is 0 Å². The lowest BCUT2D eigenvalue weighted by Gasteiger charge is -2.42. The van der Waals surface area contributed by atoms with Gasteiger partial charge in [-0.15, -0.1) is 0 Å². The molecule has 1 aliphatic carbocycles. The molecule has 2 heterocycles. The van der Waals surface area contributed by atoms with Crippen molar-refractivity contribution in [2.75, 3.05) is 13.7 Å². The van der Waals surface area contributed by atoms with Crippen LogP contribution in [-0.2, 0) is 11.3 Å². The van der Waals surface area contributed by atoms with Gasteiger partial charge in [0.2, 0.25) is 0 Å². The van der Waals surface area contributed by atoms with Crippen molar-refractivity contribution in [3.05, 3.63) is 59.9 Å². The third-order valence-electron chi connectivity index (χ3n) is 6.06. The van der Waals surface area contributed by atoms with E-state index in [1.54, 1.807) is 7.11 Å². The third-order valence-corrected chi connectivity index (χ3v) is 6.06. The Labute approximate surface area is 154 Å². The summed E-state index contributed by atoms with van der Waals surface area (Å²) in [6, 6.07) is 11.8. The van der Waals surface area contributed by atoms with Gasteiger partial charge in [-0.1, -0.05) is 12.1 Å². The number of fused-ring (bicyclic) bond motifs is 1. The Morgan fingerprint density at radius 2 is 1.96 bits per heavy atom. The number of ether oxygens (including phenoxy) is 1. The molecule has 0 unspecified atom stereocenters. The van der Waals surface area contributed by atoms with Gasteiger partial charge < -0.3 is 19.3 Å². The van der Waals surface area contributed by atoms with Gasteiger partial charge in [0.05, 0.1) is 17.7 Å². The highest BCUT2D eigenvalue weighted by atomic mass is 16.5. The summed E-state index contributed by atoms with van der Waals surface area (Å²) in [6.07, 6.45) is 6.73. The van der Waals surface area contributed by atoms with Gasteiger partial charge in [0.25, 0.3) is 5.91 Å². The van der Waals surface area contributed by atoms with Crippen molar-refractivity contribution in [3.63, 3.8) is 0 Å². The van der Waals surface area contributed by atoms with E-state index in [0.29, 0.717) is 18.5 Å². The number of nitrogens with zero attached hydrogens (tertiary/aromatic N) is 2. The normalized spacial score (nSPS) is 28.2. The number of hydrogen-bond donors (Lipinski definition) is 1. The summed E-state index contributed by atoms with van der Waals surface area (Å²) < 4.78 is 7.94. The number of carbonyl (C=O) groups is 1. The quantitative estimate of drug-likeness (QED) is 0.918. The first-order valence-corrected chi connectivity index (χ1v) is 9.35. The topological polar surface area (TPSA) is 54.7 Å². The second kappa shape index (κ2) is 6.89. The van der Waals surface area contributed by atoms with Crippen molar-refractivity contribution >= 4 is 5.91 Å². The fraction of sp³-hybridized carbons (Fsp3) is 0.476. The predicted octanol–water partition coefficient (Wildman–Crippen LogP) is 2.68. The first-order chi connectivity index (χ1) is 12.6. The molecule has 3 atom stereocenters. The zero-order chi connectivity index (χ0) is 18.1. The second-order valence-corrected chi connectivity index (χ2v) is 7.51. The Kier molecular flexibility index (Phi) is 4.59. The highest BCUT2D eigenvalue weighted by molar-refractivity contribution is 5.94. The molecule has 1 aromatic carbocycles. The summed E-state index contributed by atoms with van der Waals surface area (Å²) >= 11 is 0. The standard InChI is InChI=1S/C21H26N2O3/c1-26-21-9-8-18(24)14-19(21)23(13-10-21)20(25)17-6-4-16(5-7-17)15-22-11-2-3-12-22/h2-7,11-12,18-19,24H,8-10,13-15H2,1H3/t18-,19-,21+/m0/s1. The SMILES string of the molecule is CO[C@@]12CC[C@H](O)C[C@@H]1N(C(=O)c1ccc(Cn3cccc3)cc1)CC2. The summed E-state index contributed by atoms with van der Waals surface area (Å²) in [5, 5.41) is 10.1.